The van der Waals surface area contributed by atoms with Crippen LogP contribution in [0, 0.1) is 13.8 Å². The van der Waals surface area contributed by atoms with Crippen LogP contribution in [-0.2, 0) is 0 Å². The number of aryl methyl sites for hydroxylation is 1. The molecule has 0 atom stereocenters. The zero-order valence-corrected chi connectivity index (χ0v) is 10.4. The third-order valence-corrected chi connectivity index (χ3v) is 2.67. The average molecular weight is 231 g/mol. The highest BCUT2D eigenvalue weighted by Crippen LogP contribution is 2.12. The summed E-state index contributed by atoms with van der Waals surface area (Å²) in [6, 6.07) is 1.88. The Morgan fingerprint density at radius 1 is 1.29 bits per heavy atom. The van der Waals surface area contributed by atoms with E-state index in [0.717, 1.165) is 30.2 Å². The monoisotopic (exact) mass is 231 g/mol. The minimum atomic E-state index is 0.662. The van der Waals surface area contributed by atoms with Gasteiger partial charge < -0.3 is 5.32 Å². The third kappa shape index (κ3) is 2.43. The summed E-state index contributed by atoms with van der Waals surface area (Å²) < 4.78 is 1.97. The molecule has 2 heterocycles. The van der Waals surface area contributed by atoms with Gasteiger partial charge in [0.05, 0.1) is 5.69 Å². The van der Waals surface area contributed by atoms with Gasteiger partial charge in [0.1, 0.15) is 12.1 Å². The lowest BCUT2D eigenvalue weighted by atomic mass is 10.4. The molecule has 0 radical (unpaired) electrons. The van der Waals surface area contributed by atoms with E-state index in [1.165, 1.54) is 0 Å². The van der Waals surface area contributed by atoms with Crippen molar-refractivity contribution in [2.24, 2.45) is 0 Å². The number of nitrogens with zero attached hydrogens (tertiary/aromatic N) is 4. The molecule has 5 heteroatoms. The molecule has 2 aromatic heterocycles. The molecule has 17 heavy (non-hydrogen) atoms. The Kier molecular flexibility index (Phi) is 3.37. The van der Waals surface area contributed by atoms with Gasteiger partial charge in [0, 0.05) is 18.4 Å². The molecule has 0 fully saturated rings. The first-order valence-electron chi connectivity index (χ1n) is 5.80. The predicted octanol–water partition coefficient (Wildman–Crippen LogP) is 2.10. The van der Waals surface area contributed by atoms with Gasteiger partial charge in [-0.1, -0.05) is 6.92 Å². The van der Waals surface area contributed by atoms with Crippen molar-refractivity contribution in [1.82, 2.24) is 19.5 Å². The van der Waals surface area contributed by atoms with Gasteiger partial charge >= 0.3 is 0 Å². The molecule has 0 bridgehead atoms. The smallest absolute Gasteiger partial charge is 0.224 e. The SMILES string of the molecule is CCCNc1nccc(-n2cnc(C)c2C)n1. The first-order chi connectivity index (χ1) is 8.22. The Morgan fingerprint density at radius 2 is 2.12 bits per heavy atom. The molecule has 2 aromatic rings. The second-order valence-corrected chi connectivity index (χ2v) is 3.95. The number of nitrogens with one attached hydrogen (secondary N) is 1. The Balaban J connectivity index is 2.30. The van der Waals surface area contributed by atoms with Gasteiger partial charge in [0.25, 0.3) is 0 Å². The van der Waals surface area contributed by atoms with E-state index in [2.05, 4.69) is 27.2 Å². The Labute approximate surface area is 101 Å². The Bertz CT molecular complexity index is 503. The molecule has 0 spiro atoms. The zero-order valence-electron chi connectivity index (χ0n) is 10.4. The van der Waals surface area contributed by atoms with Gasteiger partial charge in [-0.3, -0.25) is 4.57 Å². The maximum Gasteiger partial charge on any atom is 0.224 e. The van der Waals surface area contributed by atoms with E-state index in [-0.39, 0.29) is 0 Å². The average Bonchev–Trinajstić information content (AvgIpc) is 2.68. The largest absolute Gasteiger partial charge is 0.354 e. The molecular formula is C12H17N5. The normalized spacial score (nSPS) is 10.5. The fourth-order valence-electron chi connectivity index (χ4n) is 1.53. The summed E-state index contributed by atoms with van der Waals surface area (Å²) in [5, 5.41) is 3.17. The van der Waals surface area contributed by atoms with E-state index >= 15 is 0 Å². The number of anilines is 1. The maximum atomic E-state index is 4.46. The summed E-state index contributed by atoms with van der Waals surface area (Å²) >= 11 is 0. The van der Waals surface area contributed by atoms with Crippen molar-refractivity contribution in [3.05, 3.63) is 30.0 Å². The van der Waals surface area contributed by atoms with Gasteiger partial charge in [0.15, 0.2) is 0 Å². The first-order valence-corrected chi connectivity index (χ1v) is 5.80. The molecule has 0 saturated heterocycles. The van der Waals surface area contributed by atoms with E-state index in [4.69, 9.17) is 0 Å². The molecule has 0 aliphatic rings. The van der Waals surface area contributed by atoms with Crippen LogP contribution in [0.15, 0.2) is 18.6 Å². The topological polar surface area (TPSA) is 55.6 Å². The number of hydrogen-bond acceptors (Lipinski definition) is 4. The fourth-order valence-corrected chi connectivity index (χ4v) is 1.53. The molecule has 0 unspecified atom stereocenters. The molecule has 0 aliphatic carbocycles. The number of imidazole rings is 1. The molecule has 5 nitrogen and oxygen atoms in total. The highest BCUT2D eigenvalue weighted by atomic mass is 15.2. The Morgan fingerprint density at radius 3 is 2.76 bits per heavy atom. The lowest BCUT2D eigenvalue weighted by molar-refractivity contribution is 0.911. The van der Waals surface area contributed by atoms with Crippen LogP contribution in [0.2, 0.25) is 0 Å². The second-order valence-electron chi connectivity index (χ2n) is 3.95. The zero-order chi connectivity index (χ0) is 12.3. The van der Waals surface area contributed by atoms with Crippen LogP contribution in [0.4, 0.5) is 5.95 Å². The molecule has 90 valence electrons. The van der Waals surface area contributed by atoms with Crippen LogP contribution >= 0.6 is 0 Å². The van der Waals surface area contributed by atoms with Gasteiger partial charge in [0.2, 0.25) is 5.95 Å². The molecule has 0 amide bonds. The summed E-state index contributed by atoms with van der Waals surface area (Å²) in [6.07, 6.45) is 4.60. The number of aromatic nitrogens is 4. The van der Waals surface area contributed by atoms with Crippen LogP contribution in [0.5, 0.6) is 0 Å². The van der Waals surface area contributed by atoms with Crippen LogP contribution in [0.3, 0.4) is 0 Å². The second kappa shape index (κ2) is 4.95. The van der Waals surface area contributed by atoms with E-state index < -0.39 is 0 Å². The van der Waals surface area contributed by atoms with E-state index in [1.807, 2.05) is 24.5 Å². The van der Waals surface area contributed by atoms with Crippen LogP contribution in [-0.4, -0.2) is 26.1 Å². The molecular weight excluding hydrogens is 214 g/mol. The summed E-state index contributed by atoms with van der Waals surface area (Å²) in [5.74, 6) is 1.51. The predicted molar refractivity (Wildman–Crippen MR) is 67.4 cm³/mol. The van der Waals surface area contributed by atoms with Crippen molar-refractivity contribution in [1.29, 1.82) is 0 Å². The van der Waals surface area contributed by atoms with Crippen molar-refractivity contribution >= 4 is 5.95 Å². The lowest BCUT2D eigenvalue weighted by Gasteiger charge is -2.07. The van der Waals surface area contributed by atoms with Crippen molar-refractivity contribution in [3.63, 3.8) is 0 Å². The molecule has 2 rings (SSSR count). The highest BCUT2D eigenvalue weighted by Gasteiger charge is 2.06. The highest BCUT2D eigenvalue weighted by molar-refractivity contribution is 5.33. The summed E-state index contributed by atoms with van der Waals surface area (Å²) in [6.45, 7) is 7.01. The van der Waals surface area contributed by atoms with Crippen molar-refractivity contribution in [3.8, 4) is 5.82 Å². The lowest BCUT2D eigenvalue weighted by Crippen LogP contribution is -2.07. The van der Waals surface area contributed by atoms with E-state index in [1.54, 1.807) is 12.5 Å². The minimum absolute atomic E-state index is 0.662. The summed E-state index contributed by atoms with van der Waals surface area (Å²) in [4.78, 5) is 12.9. The molecule has 1 N–H and O–H groups in total. The Hall–Kier alpha value is -1.91. The third-order valence-electron chi connectivity index (χ3n) is 2.67. The minimum Gasteiger partial charge on any atom is -0.354 e. The van der Waals surface area contributed by atoms with Crippen LogP contribution in [0.1, 0.15) is 24.7 Å². The van der Waals surface area contributed by atoms with Crippen LogP contribution < -0.4 is 5.32 Å². The summed E-state index contributed by atoms with van der Waals surface area (Å²) in [5.41, 5.74) is 2.12. The molecule has 0 saturated carbocycles. The van der Waals surface area contributed by atoms with Crippen molar-refractivity contribution < 1.29 is 0 Å². The fraction of sp³-hybridized carbons (Fsp3) is 0.417. The van der Waals surface area contributed by atoms with Gasteiger partial charge in [-0.25, -0.2) is 9.97 Å². The van der Waals surface area contributed by atoms with E-state index in [9.17, 15) is 0 Å². The van der Waals surface area contributed by atoms with Gasteiger partial charge in [-0.2, -0.15) is 4.98 Å². The summed E-state index contributed by atoms with van der Waals surface area (Å²) in [7, 11) is 0. The van der Waals surface area contributed by atoms with Crippen molar-refractivity contribution in [2.75, 3.05) is 11.9 Å². The first kappa shape index (κ1) is 11.6. The number of rotatable bonds is 4. The molecule has 0 aromatic carbocycles. The van der Waals surface area contributed by atoms with Crippen molar-refractivity contribution in [2.45, 2.75) is 27.2 Å². The van der Waals surface area contributed by atoms with E-state index in [0.29, 0.717) is 5.95 Å². The maximum absolute atomic E-state index is 4.46. The van der Waals surface area contributed by atoms with Gasteiger partial charge in [-0.05, 0) is 26.3 Å². The molecule has 0 aliphatic heterocycles. The number of hydrogen-bond donors (Lipinski definition) is 1. The quantitative estimate of drug-likeness (QED) is 0.875. The standard InChI is InChI=1S/C12H17N5/c1-4-6-13-12-14-7-5-11(16-12)17-8-15-9(2)10(17)3/h5,7-8H,4,6H2,1-3H3,(H,13,14,16). The van der Waals surface area contributed by atoms with Crippen LogP contribution in [0.25, 0.3) is 5.82 Å². The van der Waals surface area contributed by atoms with Gasteiger partial charge in [-0.15, -0.1) is 0 Å².